The number of carbonyl (C=O) groups is 2. The zero-order valence-corrected chi connectivity index (χ0v) is 13.3. The molecule has 1 amide bonds. The Labute approximate surface area is 128 Å². The van der Waals surface area contributed by atoms with Crippen LogP contribution in [0.2, 0.25) is 0 Å². The van der Waals surface area contributed by atoms with Crippen molar-refractivity contribution in [2.75, 3.05) is 20.3 Å². The van der Waals surface area contributed by atoms with E-state index in [1.54, 1.807) is 18.6 Å². The Morgan fingerprint density at radius 1 is 1.48 bits per heavy atom. The second kappa shape index (κ2) is 7.95. The summed E-state index contributed by atoms with van der Waals surface area (Å²) >= 11 is 1.30. The molecule has 0 atom stereocenters. The maximum atomic E-state index is 12.2. The molecule has 0 aliphatic carbocycles. The first-order valence-electron chi connectivity index (χ1n) is 6.61. The molecule has 0 aliphatic heterocycles. The van der Waals surface area contributed by atoms with Crippen LogP contribution >= 0.6 is 11.3 Å². The third-order valence-electron chi connectivity index (χ3n) is 3.02. The molecule has 0 fully saturated rings. The number of aliphatic carboxylic acids is 1. The lowest BCUT2D eigenvalue weighted by Crippen LogP contribution is -2.34. The predicted molar refractivity (Wildman–Crippen MR) is 83.6 cm³/mol. The van der Waals surface area contributed by atoms with E-state index >= 15 is 0 Å². The number of carboxylic acids is 1. The van der Waals surface area contributed by atoms with Gasteiger partial charge in [0.15, 0.2) is 0 Å². The van der Waals surface area contributed by atoms with Gasteiger partial charge in [-0.3, -0.25) is 4.79 Å². The zero-order chi connectivity index (χ0) is 15.9. The van der Waals surface area contributed by atoms with E-state index in [0.717, 1.165) is 12.5 Å². The van der Waals surface area contributed by atoms with Crippen molar-refractivity contribution in [3.8, 4) is 0 Å². The molecule has 21 heavy (non-hydrogen) atoms. The first-order valence-corrected chi connectivity index (χ1v) is 7.49. The maximum absolute atomic E-state index is 12.2. The third-order valence-corrected chi connectivity index (χ3v) is 3.95. The van der Waals surface area contributed by atoms with E-state index in [2.05, 4.69) is 19.2 Å². The van der Waals surface area contributed by atoms with Gasteiger partial charge < -0.3 is 15.2 Å². The van der Waals surface area contributed by atoms with E-state index in [4.69, 9.17) is 9.84 Å². The number of hydrogen-bond donors (Lipinski definition) is 2. The van der Waals surface area contributed by atoms with Crippen LogP contribution in [0.15, 0.2) is 17.5 Å². The summed E-state index contributed by atoms with van der Waals surface area (Å²) < 4.78 is 5.05. The largest absolute Gasteiger partial charge is 0.478 e. The van der Waals surface area contributed by atoms with E-state index in [1.165, 1.54) is 17.4 Å². The number of thiophene rings is 1. The molecule has 1 heterocycles. The average molecular weight is 311 g/mol. The van der Waals surface area contributed by atoms with Crippen LogP contribution < -0.4 is 5.32 Å². The van der Waals surface area contributed by atoms with Crippen molar-refractivity contribution in [3.63, 3.8) is 0 Å². The molecule has 0 spiro atoms. The van der Waals surface area contributed by atoms with Gasteiger partial charge in [0.2, 0.25) is 0 Å². The molecule has 0 saturated heterocycles. The van der Waals surface area contributed by atoms with Crippen LogP contribution in [-0.2, 0) is 9.53 Å². The standard InChI is InChI=1S/C15H21NO4S/c1-15(2,7-8-20-3)10-16-14(19)13-11(6-9-21-13)4-5-12(17)18/h4-6,9H,7-8,10H2,1-3H3,(H,16,19)(H,17,18)/b5-4+. The monoisotopic (exact) mass is 311 g/mol. The SMILES string of the molecule is COCCC(C)(C)CNC(=O)c1sccc1/C=C/C(=O)O. The molecule has 0 aliphatic rings. The summed E-state index contributed by atoms with van der Waals surface area (Å²) in [6.45, 7) is 5.31. The van der Waals surface area contributed by atoms with Crippen molar-refractivity contribution in [1.29, 1.82) is 0 Å². The number of nitrogens with one attached hydrogen (secondary N) is 1. The number of methoxy groups -OCH3 is 1. The van der Waals surface area contributed by atoms with Crippen molar-refractivity contribution >= 4 is 29.3 Å². The van der Waals surface area contributed by atoms with Crippen molar-refractivity contribution in [3.05, 3.63) is 28.0 Å². The quantitative estimate of drug-likeness (QED) is 0.724. The highest BCUT2D eigenvalue weighted by Crippen LogP contribution is 2.21. The van der Waals surface area contributed by atoms with Crippen LogP contribution in [0, 0.1) is 5.41 Å². The normalized spacial score (nSPS) is 11.8. The zero-order valence-electron chi connectivity index (χ0n) is 12.5. The molecule has 0 radical (unpaired) electrons. The summed E-state index contributed by atoms with van der Waals surface area (Å²) in [7, 11) is 1.65. The third kappa shape index (κ3) is 6.10. The number of hydrogen-bond acceptors (Lipinski definition) is 4. The van der Waals surface area contributed by atoms with Gasteiger partial charge in [0.1, 0.15) is 0 Å². The average Bonchev–Trinajstić information content (AvgIpc) is 2.89. The Balaban J connectivity index is 2.64. The fraction of sp³-hybridized carbons (Fsp3) is 0.467. The minimum absolute atomic E-state index is 0.0556. The highest BCUT2D eigenvalue weighted by atomic mass is 32.1. The molecule has 0 saturated carbocycles. The number of carboxylic acid groups (broad SMARTS) is 1. The first kappa shape index (κ1) is 17.4. The van der Waals surface area contributed by atoms with Gasteiger partial charge in [-0.2, -0.15) is 0 Å². The Hall–Kier alpha value is -1.66. The van der Waals surface area contributed by atoms with Gasteiger partial charge in [0.25, 0.3) is 5.91 Å². The Kier molecular flexibility index (Phi) is 6.58. The molecular weight excluding hydrogens is 290 g/mol. The van der Waals surface area contributed by atoms with Gasteiger partial charge in [-0.1, -0.05) is 13.8 Å². The van der Waals surface area contributed by atoms with Crippen LogP contribution in [0.5, 0.6) is 0 Å². The van der Waals surface area contributed by atoms with E-state index in [9.17, 15) is 9.59 Å². The van der Waals surface area contributed by atoms with E-state index in [1.807, 2.05) is 0 Å². The van der Waals surface area contributed by atoms with Crippen molar-refractivity contribution in [2.45, 2.75) is 20.3 Å². The summed E-state index contributed by atoms with van der Waals surface area (Å²) in [4.78, 5) is 23.2. The lowest BCUT2D eigenvalue weighted by Gasteiger charge is -2.24. The first-order chi connectivity index (χ1) is 9.85. The minimum Gasteiger partial charge on any atom is -0.478 e. The van der Waals surface area contributed by atoms with E-state index in [0.29, 0.717) is 23.6 Å². The van der Waals surface area contributed by atoms with Crippen LogP contribution in [-0.4, -0.2) is 37.2 Å². The number of carbonyl (C=O) groups excluding carboxylic acids is 1. The van der Waals surface area contributed by atoms with Crippen molar-refractivity contribution in [1.82, 2.24) is 5.32 Å². The summed E-state index contributed by atoms with van der Waals surface area (Å²) in [5.74, 6) is -1.21. The van der Waals surface area contributed by atoms with Gasteiger partial charge in [0.05, 0.1) is 4.88 Å². The number of amides is 1. The van der Waals surface area contributed by atoms with Crippen LogP contribution in [0.25, 0.3) is 6.08 Å². The Bertz CT molecular complexity index is 519. The molecular formula is C15H21NO4S. The Morgan fingerprint density at radius 2 is 2.19 bits per heavy atom. The smallest absolute Gasteiger partial charge is 0.328 e. The predicted octanol–water partition coefficient (Wildman–Crippen LogP) is 2.64. The highest BCUT2D eigenvalue weighted by molar-refractivity contribution is 7.12. The number of rotatable bonds is 8. The van der Waals surface area contributed by atoms with Crippen LogP contribution in [0.1, 0.15) is 35.5 Å². The molecule has 2 N–H and O–H groups in total. The van der Waals surface area contributed by atoms with Crippen LogP contribution in [0.3, 0.4) is 0 Å². The summed E-state index contributed by atoms with van der Waals surface area (Å²) in [5.41, 5.74) is 0.564. The molecule has 0 aromatic carbocycles. The van der Waals surface area contributed by atoms with Crippen molar-refractivity contribution < 1.29 is 19.4 Å². The fourth-order valence-electron chi connectivity index (χ4n) is 1.66. The molecule has 1 rings (SSSR count). The van der Waals surface area contributed by atoms with E-state index < -0.39 is 5.97 Å². The van der Waals surface area contributed by atoms with Gasteiger partial charge in [-0.25, -0.2) is 4.79 Å². The van der Waals surface area contributed by atoms with Crippen LogP contribution in [0.4, 0.5) is 0 Å². The van der Waals surface area contributed by atoms with Gasteiger partial charge in [-0.05, 0) is 34.9 Å². The topological polar surface area (TPSA) is 75.6 Å². The summed E-state index contributed by atoms with van der Waals surface area (Å²) in [5, 5.41) is 13.3. The molecule has 0 bridgehead atoms. The minimum atomic E-state index is -1.03. The fourth-order valence-corrected chi connectivity index (χ4v) is 2.46. The summed E-state index contributed by atoms with van der Waals surface area (Å²) in [6.07, 6.45) is 3.31. The Morgan fingerprint density at radius 3 is 2.81 bits per heavy atom. The molecule has 6 heteroatoms. The maximum Gasteiger partial charge on any atom is 0.328 e. The lowest BCUT2D eigenvalue weighted by atomic mass is 9.89. The highest BCUT2D eigenvalue weighted by Gasteiger charge is 2.20. The van der Waals surface area contributed by atoms with E-state index in [-0.39, 0.29) is 11.3 Å². The molecule has 0 unspecified atom stereocenters. The molecule has 5 nitrogen and oxygen atoms in total. The number of ether oxygens (including phenoxy) is 1. The summed E-state index contributed by atoms with van der Waals surface area (Å²) in [6, 6.07) is 1.73. The lowest BCUT2D eigenvalue weighted by molar-refractivity contribution is -0.131. The molecule has 116 valence electrons. The van der Waals surface area contributed by atoms with Crippen molar-refractivity contribution in [2.24, 2.45) is 5.41 Å². The second-order valence-corrected chi connectivity index (χ2v) is 6.38. The van der Waals surface area contributed by atoms with Gasteiger partial charge in [0, 0.05) is 26.3 Å². The second-order valence-electron chi connectivity index (χ2n) is 5.47. The molecule has 1 aromatic rings. The molecule has 1 aromatic heterocycles. The van der Waals surface area contributed by atoms with Gasteiger partial charge >= 0.3 is 5.97 Å². The van der Waals surface area contributed by atoms with Gasteiger partial charge in [-0.15, -0.1) is 11.3 Å².